The van der Waals surface area contributed by atoms with E-state index in [2.05, 4.69) is 6.92 Å². The van der Waals surface area contributed by atoms with E-state index in [4.69, 9.17) is 13.9 Å². The molecule has 0 radical (unpaired) electrons. The molecular formula is C21H28O5. The number of hydrogen-bond acceptors (Lipinski definition) is 5. The van der Waals surface area contributed by atoms with Gasteiger partial charge in [-0.1, -0.05) is 38.5 Å². The van der Waals surface area contributed by atoms with Gasteiger partial charge in [-0.15, -0.1) is 0 Å². The van der Waals surface area contributed by atoms with Crippen molar-refractivity contribution in [3.63, 3.8) is 0 Å². The average molecular weight is 360 g/mol. The van der Waals surface area contributed by atoms with Gasteiger partial charge in [0.2, 0.25) is 0 Å². The quantitative estimate of drug-likeness (QED) is 0.482. The van der Waals surface area contributed by atoms with Crippen molar-refractivity contribution in [1.29, 1.82) is 0 Å². The topological polar surface area (TPSA) is 65.7 Å². The molecule has 1 atom stereocenters. The number of esters is 2. The van der Waals surface area contributed by atoms with Crippen molar-refractivity contribution in [1.82, 2.24) is 0 Å². The molecule has 0 amide bonds. The maximum atomic E-state index is 12.5. The SMILES string of the molecule is CCCCc1oc2ccccc2c1C(C)C(C(=O)OCC)C(=O)OCC. The Bertz CT molecular complexity index is 728. The second kappa shape index (κ2) is 9.41. The number of hydrogen-bond donors (Lipinski definition) is 0. The number of benzene rings is 1. The summed E-state index contributed by atoms with van der Waals surface area (Å²) in [7, 11) is 0. The van der Waals surface area contributed by atoms with Gasteiger partial charge in [-0.05, 0) is 26.3 Å². The molecule has 142 valence electrons. The Morgan fingerprint density at radius 2 is 1.65 bits per heavy atom. The number of aryl methyl sites for hydroxylation is 1. The van der Waals surface area contributed by atoms with Crippen molar-refractivity contribution in [2.24, 2.45) is 5.92 Å². The van der Waals surface area contributed by atoms with Crippen LogP contribution in [0.5, 0.6) is 0 Å². The van der Waals surface area contributed by atoms with Crippen LogP contribution in [0, 0.1) is 5.92 Å². The molecule has 1 aromatic carbocycles. The third-order valence-corrected chi connectivity index (χ3v) is 4.50. The van der Waals surface area contributed by atoms with Gasteiger partial charge in [0.05, 0.1) is 13.2 Å². The van der Waals surface area contributed by atoms with E-state index < -0.39 is 23.8 Å². The van der Waals surface area contributed by atoms with Crippen LogP contribution < -0.4 is 0 Å². The largest absolute Gasteiger partial charge is 0.465 e. The van der Waals surface area contributed by atoms with Gasteiger partial charge in [0.25, 0.3) is 0 Å². The molecule has 26 heavy (non-hydrogen) atoms. The Morgan fingerprint density at radius 1 is 1.04 bits per heavy atom. The lowest BCUT2D eigenvalue weighted by Crippen LogP contribution is -2.32. The Hall–Kier alpha value is -2.30. The number of carbonyl (C=O) groups excluding carboxylic acids is 2. The van der Waals surface area contributed by atoms with E-state index in [0.717, 1.165) is 41.6 Å². The van der Waals surface area contributed by atoms with E-state index in [9.17, 15) is 9.59 Å². The van der Waals surface area contributed by atoms with Gasteiger partial charge in [-0.2, -0.15) is 0 Å². The normalized spacial score (nSPS) is 12.3. The Morgan fingerprint density at radius 3 is 2.23 bits per heavy atom. The number of fused-ring (bicyclic) bond motifs is 1. The summed E-state index contributed by atoms with van der Waals surface area (Å²) < 4.78 is 16.4. The zero-order valence-corrected chi connectivity index (χ0v) is 16.0. The van der Waals surface area contributed by atoms with Crippen molar-refractivity contribution in [2.75, 3.05) is 13.2 Å². The molecule has 0 aliphatic heterocycles. The van der Waals surface area contributed by atoms with E-state index in [0.29, 0.717) is 0 Å². The Kier molecular flexibility index (Phi) is 7.25. The fraction of sp³-hybridized carbons (Fsp3) is 0.524. The highest BCUT2D eigenvalue weighted by atomic mass is 16.6. The summed E-state index contributed by atoms with van der Waals surface area (Å²) in [5.41, 5.74) is 1.67. The van der Waals surface area contributed by atoms with Crippen LogP contribution in [0.2, 0.25) is 0 Å². The number of carbonyl (C=O) groups is 2. The highest BCUT2D eigenvalue weighted by molar-refractivity contribution is 5.97. The lowest BCUT2D eigenvalue weighted by atomic mass is 9.85. The van der Waals surface area contributed by atoms with Crippen LogP contribution in [0.1, 0.15) is 57.8 Å². The van der Waals surface area contributed by atoms with Crippen molar-refractivity contribution >= 4 is 22.9 Å². The molecule has 1 heterocycles. The molecule has 0 saturated heterocycles. The fourth-order valence-corrected chi connectivity index (χ4v) is 3.27. The van der Waals surface area contributed by atoms with E-state index in [-0.39, 0.29) is 13.2 Å². The lowest BCUT2D eigenvalue weighted by molar-refractivity contribution is -0.162. The van der Waals surface area contributed by atoms with Crippen LogP contribution in [-0.4, -0.2) is 25.2 Å². The van der Waals surface area contributed by atoms with Gasteiger partial charge in [0.15, 0.2) is 5.92 Å². The smallest absolute Gasteiger partial charge is 0.320 e. The van der Waals surface area contributed by atoms with Crippen molar-refractivity contribution in [3.8, 4) is 0 Å². The first-order chi connectivity index (χ1) is 12.5. The van der Waals surface area contributed by atoms with Gasteiger partial charge < -0.3 is 13.9 Å². The van der Waals surface area contributed by atoms with Crippen LogP contribution >= 0.6 is 0 Å². The number of unbranched alkanes of at least 4 members (excludes halogenated alkanes) is 1. The molecule has 1 aromatic heterocycles. The summed E-state index contributed by atoms with van der Waals surface area (Å²) in [6.45, 7) is 7.87. The second-order valence-corrected chi connectivity index (χ2v) is 6.31. The predicted octanol–water partition coefficient (Wildman–Crippen LogP) is 4.62. The number of ether oxygens (including phenoxy) is 2. The molecule has 0 fully saturated rings. The number of rotatable bonds is 9. The van der Waals surface area contributed by atoms with Crippen LogP contribution in [0.25, 0.3) is 11.0 Å². The monoisotopic (exact) mass is 360 g/mol. The molecule has 2 aromatic rings. The zero-order chi connectivity index (χ0) is 19.1. The van der Waals surface area contributed by atoms with Gasteiger partial charge in [0.1, 0.15) is 11.3 Å². The van der Waals surface area contributed by atoms with E-state index in [1.807, 2.05) is 31.2 Å². The van der Waals surface area contributed by atoms with E-state index >= 15 is 0 Å². The maximum absolute atomic E-state index is 12.5. The highest BCUT2D eigenvalue weighted by Gasteiger charge is 2.38. The second-order valence-electron chi connectivity index (χ2n) is 6.31. The third-order valence-electron chi connectivity index (χ3n) is 4.50. The van der Waals surface area contributed by atoms with E-state index in [1.54, 1.807) is 13.8 Å². The molecule has 0 aliphatic rings. The fourth-order valence-electron chi connectivity index (χ4n) is 3.27. The summed E-state index contributed by atoms with van der Waals surface area (Å²) in [6.07, 6.45) is 2.77. The summed E-state index contributed by atoms with van der Waals surface area (Å²) in [5, 5.41) is 0.935. The molecule has 1 unspecified atom stereocenters. The van der Waals surface area contributed by atoms with Crippen LogP contribution in [0.4, 0.5) is 0 Å². The summed E-state index contributed by atoms with van der Waals surface area (Å²) >= 11 is 0. The maximum Gasteiger partial charge on any atom is 0.320 e. The predicted molar refractivity (Wildman–Crippen MR) is 100.0 cm³/mol. The molecule has 0 N–H and O–H groups in total. The van der Waals surface area contributed by atoms with Crippen molar-refractivity contribution < 1.29 is 23.5 Å². The Balaban J connectivity index is 2.50. The van der Waals surface area contributed by atoms with Gasteiger partial charge in [-0.25, -0.2) is 0 Å². The average Bonchev–Trinajstić information content (AvgIpc) is 2.98. The van der Waals surface area contributed by atoms with Crippen molar-refractivity contribution in [2.45, 2.75) is 52.9 Å². The lowest BCUT2D eigenvalue weighted by Gasteiger charge is -2.21. The van der Waals surface area contributed by atoms with Crippen LogP contribution in [0.3, 0.4) is 0 Å². The highest BCUT2D eigenvalue weighted by Crippen LogP contribution is 2.37. The van der Waals surface area contributed by atoms with E-state index in [1.165, 1.54) is 0 Å². The first kappa shape index (κ1) is 20.0. The molecule has 5 nitrogen and oxygen atoms in total. The van der Waals surface area contributed by atoms with Crippen LogP contribution in [0.15, 0.2) is 28.7 Å². The minimum absolute atomic E-state index is 0.219. The molecular weight excluding hydrogens is 332 g/mol. The molecule has 5 heteroatoms. The number of para-hydroxylation sites is 1. The first-order valence-electron chi connectivity index (χ1n) is 9.38. The molecule has 0 bridgehead atoms. The standard InChI is InChI=1S/C21H28O5/c1-5-8-12-17-18(15-11-9-10-13-16(15)26-17)14(4)19(20(22)24-6-2)21(23)25-7-3/h9-11,13-14,19H,5-8,12H2,1-4H3. The molecule has 0 saturated carbocycles. The zero-order valence-electron chi connectivity index (χ0n) is 16.0. The van der Waals surface area contributed by atoms with Gasteiger partial charge in [0, 0.05) is 23.3 Å². The third kappa shape index (κ3) is 4.26. The molecule has 0 aliphatic carbocycles. The van der Waals surface area contributed by atoms with Crippen molar-refractivity contribution in [3.05, 3.63) is 35.6 Å². The summed E-state index contributed by atoms with van der Waals surface area (Å²) in [4.78, 5) is 25.0. The minimum Gasteiger partial charge on any atom is -0.465 e. The number of furan rings is 1. The van der Waals surface area contributed by atoms with Crippen LogP contribution in [-0.2, 0) is 25.5 Å². The first-order valence-corrected chi connectivity index (χ1v) is 9.38. The van der Waals surface area contributed by atoms with Gasteiger partial charge in [-0.3, -0.25) is 9.59 Å². The molecule has 2 rings (SSSR count). The molecule has 0 spiro atoms. The Labute approximate surface area is 154 Å². The summed E-state index contributed by atoms with van der Waals surface area (Å²) in [6, 6.07) is 7.72. The van der Waals surface area contributed by atoms with Gasteiger partial charge >= 0.3 is 11.9 Å². The minimum atomic E-state index is -1.00. The summed E-state index contributed by atoms with van der Waals surface area (Å²) in [5.74, 6) is -1.67.